The van der Waals surface area contributed by atoms with Gasteiger partial charge in [-0.05, 0) is 98.6 Å². The van der Waals surface area contributed by atoms with Gasteiger partial charge in [-0.1, -0.05) is 31.2 Å². The number of carbonyl (C=O) groups is 1. The molecule has 0 spiro atoms. The van der Waals surface area contributed by atoms with E-state index in [0.717, 1.165) is 17.2 Å². The van der Waals surface area contributed by atoms with E-state index in [2.05, 4.69) is 37.3 Å². The zero-order valence-electron chi connectivity index (χ0n) is 19.5. The summed E-state index contributed by atoms with van der Waals surface area (Å²) in [5.41, 5.74) is 3.50. The molecule has 4 rings (SSSR count). The van der Waals surface area contributed by atoms with E-state index in [9.17, 15) is 9.90 Å². The molecule has 2 fully saturated rings. The Kier molecular flexibility index (Phi) is 7.51. The molecular weight excluding hydrogens is 398 g/mol. The van der Waals surface area contributed by atoms with Gasteiger partial charge in [0, 0.05) is 18.7 Å². The third kappa shape index (κ3) is 5.53. The van der Waals surface area contributed by atoms with Crippen LogP contribution >= 0.6 is 0 Å². The minimum Gasteiger partial charge on any atom is -0.494 e. The van der Waals surface area contributed by atoms with Gasteiger partial charge < -0.3 is 14.7 Å². The summed E-state index contributed by atoms with van der Waals surface area (Å²) in [7, 11) is 0. The van der Waals surface area contributed by atoms with Crippen LogP contribution in [-0.4, -0.2) is 41.7 Å². The fourth-order valence-electron chi connectivity index (χ4n) is 5.45. The average molecular weight is 436 g/mol. The van der Waals surface area contributed by atoms with Gasteiger partial charge in [0.25, 0.3) is 5.91 Å². The van der Waals surface area contributed by atoms with Crippen LogP contribution in [0.25, 0.3) is 0 Å². The van der Waals surface area contributed by atoms with E-state index in [4.69, 9.17) is 4.74 Å². The van der Waals surface area contributed by atoms with E-state index in [1.807, 2.05) is 30.0 Å². The molecule has 1 saturated heterocycles. The van der Waals surface area contributed by atoms with Gasteiger partial charge in [-0.2, -0.15) is 0 Å². The molecule has 2 aromatic carbocycles. The molecule has 0 unspecified atom stereocenters. The summed E-state index contributed by atoms with van der Waals surface area (Å²) >= 11 is 0. The Morgan fingerprint density at radius 2 is 1.84 bits per heavy atom. The molecule has 2 aliphatic rings. The Balaban J connectivity index is 1.31. The smallest absolute Gasteiger partial charge is 0.253 e. The zero-order chi connectivity index (χ0) is 22.5. The van der Waals surface area contributed by atoms with Gasteiger partial charge in [0.2, 0.25) is 0 Å². The maximum Gasteiger partial charge on any atom is 0.253 e. The third-order valence-electron chi connectivity index (χ3n) is 7.35. The van der Waals surface area contributed by atoms with E-state index in [-0.39, 0.29) is 12.0 Å². The molecule has 0 aromatic heterocycles. The van der Waals surface area contributed by atoms with Crippen LogP contribution < -0.4 is 4.74 Å². The molecule has 3 atom stereocenters. The normalized spacial score (nSPS) is 22.7. The lowest BCUT2D eigenvalue weighted by atomic mass is 9.88. The molecule has 4 heteroatoms. The number of piperidine rings is 1. The predicted octanol–water partition coefficient (Wildman–Crippen LogP) is 5.76. The highest BCUT2D eigenvalue weighted by atomic mass is 16.5. The Morgan fingerprint density at radius 1 is 1.09 bits per heavy atom. The number of aliphatic hydroxyl groups is 1. The van der Waals surface area contributed by atoms with E-state index < -0.39 is 0 Å². The van der Waals surface area contributed by atoms with Crippen molar-refractivity contribution in [1.29, 1.82) is 0 Å². The number of aliphatic hydroxyl groups excluding tert-OH is 1. The number of hydrogen-bond acceptors (Lipinski definition) is 3. The largest absolute Gasteiger partial charge is 0.494 e. The van der Waals surface area contributed by atoms with Gasteiger partial charge in [0.15, 0.2) is 0 Å². The molecule has 32 heavy (non-hydrogen) atoms. The van der Waals surface area contributed by atoms with Crippen LogP contribution in [-0.2, 0) is 0 Å². The van der Waals surface area contributed by atoms with Gasteiger partial charge in [-0.15, -0.1) is 0 Å². The van der Waals surface area contributed by atoms with Gasteiger partial charge >= 0.3 is 0 Å². The van der Waals surface area contributed by atoms with Crippen molar-refractivity contribution in [2.75, 3.05) is 19.7 Å². The fraction of sp³-hybridized carbons (Fsp3) is 0.536. The van der Waals surface area contributed by atoms with Gasteiger partial charge in [-0.25, -0.2) is 0 Å². The summed E-state index contributed by atoms with van der Waals surface area (Å²) in [6.07, 6.45) is 6.05. The topological polar surface area (TPSA) is 49.8 Å². The molecule has 1 saturated carbocycles. The first-order chi connectivity index (χ1) is 15.5. The number of hydrogen-bond donors (Lipinski definition) is 1. The maximum absolute atomic E-state index is 12.7. The molecule has 1 aliphatic carbocycles. The second kappa shape index (κ2) is 10.5. The lowest BCUT2D eigenvalue weighted by molar-refractivity contribution is 0.0546. The van der Waals surface area contributed by atoms with Crippen molar-refractivity contribution in [2.24, 2.45) is 5.92 Å². The average Bonchev–Trinajstić information content (AvgIpc) is 3.28. The molecule has 0 radical (unpaired) electrons. The highest BCUT2D eigenvalue weighted by Gasteiger charge is 2.28. The molecule has 1 aliphatic heterocycles. The van der Waals surface area contributed by atoms with Crippen LogP contribution in [0.4, 0.5) is 0 Å². The number of nitrogens with zero attached hydrogens (tertiary/aromatic N) is 1. The van der Waals surface area contributed by atoms with Crippen LogP contribution in [0.1, 0.15) is 85.7 Å². The lowest BCUT2D eigenvalue weighted by Gasteiger charge is -2.29. The molecule has 1 amide bonds. The monoisotopic (exact) mass is 435 g/mol. The van der Waals surface area contributed by atoms with Crippen molar-refractivity contribution in [3.63, 3.8) is 0 Å². The van der Waals surface area contributed by atoms with Crippen LogP contribution in [0.3, 0.4) is 0 Å². The minimum atomic E-state index is -0.256. The van der Waals surface area contributed by atoms with E-state index in [1.54, 1.807) is 0 Å². The standard InChI is InChI=1S/C28H37NO3/c1-3-32-27-6-4-5-24(19-27)20(2)17-21-7-8-25(18-21)22-9-11-23(12-10-22)28(31)29-15-13-26(30)14-16-29/h4-6,9-12,19-21,25-26,30H,3,7-8,13-18H2,1-2H3/t20-,21+,25+/m0/s1. The molecular formula is C28H37NO3. The Bertz CT molecular complexity index is 886. The number of likely N-dealkylation sites (tertiary alicyclic amines) is 1. The summed E-state index contributed by atoms with van der Waals surface area (Å²) in [5.74, 6) is 2.93. The number of benzene rings is 2. The Labute approximate surface area is 192 Å². The van der Waals surface area contributed by atoms with Gasteiger partial charge in [-0.3, -0.25) is 4.79 Å². The van der Waals surface area contributed by atoms with Crippen molar-refractivity contribution >= 4 is 5.91 Å². The van der Waals surface area contributed by atoms with E-state index in [0.29, 0.717) is 44.4 Å². The first-order valence-electron chi connectivity index (χ1n) is 12.3. The van der Waals surface area contributed by atoms with Crippen LogP contribution in [0.15, 0.2) is 48.5 Å². The van der Waals surface area contributed by atoms with Crippen LogP contribution in [0, 0.1) is 5.92 Å². The quantitative estimate of drug-likeness (QED) is 0.601. The number of ether oxygens (including phenoxy) is 1. The summed E-state index contributed by atoms with van der Waals surface area (Å²) in [4.78, 5) is 14.6. The highest BCUT2D eigenvalue weighted by molar-refractivity contribution is 5.94. The molecule has 2 aromatic rings. The molecule has 1 N–H and O–H groups in total. The Morgan fingerprint density at radius 3 is 2.56 bits per heavy atom. The van der Waals surface area contributed by atoms with Crippen molar-refractivity contribution in [1.82, 2.24) is 4.90 Å². The minimum absolute atomic E-state index is 0.0934. The maximum atomic E-state index is 12.7. The van der Waals surface area contributed by atoms with Crippen molar-refractivity contribution in [3.8, 4) is 5.75 Å². The summed E-state index contributed by atoms with van der Waals surface area (Å²) in [6.45, 7) is 6.36. The fourth-order valence-corrected chi connectivity index (χ4v) is 5.45. The van der Waals surface area contributed by atoms with Gasteiger partial charge in [0.05, 0.1) is 12.7 Å². The summed E-state index contributed by atoms with van der Waals surface area (Å²) in [5, 5.41) is 9.67. The molecule has 0 bridgehead atoms. The van der Waals surface area contributed by atoms with Crippen molar-refractivity contribution in [3.05, 3.63) is 65.2 Å². The summed E-state index contributed by atoms with van der Waals surface area (Å²) < 4.78 is 5.67. The number of carbonyl (C=O) groups excluding carboxylic acids is 1. The summed E-state index contributed by atoms with van der Waals surface area (Å²) in [6, 6.07) is 16.9. The second-order valence-corrected chi connectivity index (χ2v) is 9.66. The SMILES string of the molecule is CCOc1cccc([C@@H](C)C[C@H]2CC[C@@H](c3ccc(C(=O)N4CCC(O)CC4)cc3)C2)c1. The molecule has 4 nitrogen and oxygen atoms in total. The predicted molar refractivity (Wildman–Crippen MR) is 128 cm³/mol. The Hall–Kier alpha value is -2.33. The van der Waals surface area contributed by atoms with Crippen LogP contribution in [0.2, 0.25) is 0 Å². The number of rotatable bonds is 7. The zero-order valence-corrected chi connectivity index (χ0v) is 19.5. The van der Waals surface area contributed by atoms with E-state index in [1.165, 1.54) is 36.8 Å². The van der Waals surface area contributed by atoms with Crippen molar-refractivity contribution < 1.29 is 14.6 Å². The van der Waals surface area contributed by atoms with Crippen molar-refractivity contribution in [2.45, 2.75) is 70.3 Å². The highest BCUT2D eigenvalue weighted by Crippen LogP contribution is 2.42. The third-order valence-corrected chi connectivity index (χ3v) is 7.35. The molecule has 1 heterocycles. The van der Waals surface area contributed by atoms with Gasteiger partial charge in [0.1, 0.15) is 5.75 Å². The van der Waals surface area contributed by atoms with E-state index >= 15 is 0 Å². The first kappa shape index (κ1) is 22.8. The lowest BCUT2D eigenvalue weighted by Crippen LogP contribution is -2.40. The second-order valence-electron chi connectivity index (χ2n) is 9.66. The molecule has 172 valence electrons. The van der Waals surface area contributed by atoms with Crippen LogP contribution in [0.5, 0.6) is 5.75 Å². The first-order valence-corrected chi connectivity index (χ1v) is 12.3. The number of amides is 1.